The van der Waals surface area contributed by atoms with Gasteiger partial charge in [0.15, 0.2) is 0 Å². The Balaban J connectivity index is 3.60. The molecule has 0 radical (unpaired) electrons. The summed E-state index contributed by atoms with van der Waals surface area (Å²) in [5, 5.41) is 23.1. The Labute approximate surface area is 404 Å². The molecule has 372 valence electrons. The Morgan fingerprint density at radius 1 is 0.385 bits per heavy atom. The summed E-state index contributed by atoms with van der Waals surface area (Å²) in [7, 11) is 0. The van der Waals surface area contributed by atoms with Crippen LogP contribution < -0.4 is 5.32 Å². The van der Waals surface area contributed by atoms with Gasteiger partial charge in [-0.25, -0.2) is 0 Å². The van der Waals surface area contributed by atoms with E-state index in [1.807, 2.05) is 6.08 Å². The van der Waals surface area contributed by atoms with E-state index < -0.39 is 12.1 Å². The fraction of sp³-hybridized carbons (Fsp3) is 0.689. The number of aliphatic hydroxyl groups is 2. The molecule has 2 atom stereocenters. The van der Waals surface area contributed by atoms with Crippen molar-refractivity contribution in [1.82, 2.24) is 5.32 Å². The summed E-state index contributed by atoms with van der Waals surface area (Å²) in [6.07, 6.45) is 83.8. The summed E-state index contributed by atoms with van der Waals surface area (Å²) in [4.78, 5) is 12.5. The molecule has 0 rings (SSSR count). The van der Waals surface area contributed by atoms with Crippen LogP contribution in [0.5, 0.6) is 0 Å². The molecule has 0 saturated carbocycles. The maximum atomic E-state index is 12.5. The molecule has 0 aliphatic carbocycles. The minimum atomic E-state index is -0.870. The zero-order valence-electron chi connectivity index (χ0n) is 42.7. The molecular formula is C61H105NO3. The van der Waals surface area contributed by atoms with Crippen LogP contribution >= 0.6 is 0 Å². The fourth-order valence-corrected chi connectivity index (χ4v) is 7.82. The monoisotopic (exact) mass is 900 g/mol. The minimum Gasteiger partial charge on any atom is -0.394 e. The largest absolute Gasteiger partial charge is 0.394 e. The van der Waals surface area contributed by atoms with Gasteiger partial charge in [0.05, 0.1) is 18.8 Å². The third-order valence-corrected chi connectivity index (χ3v) is 12.0. The molecular weight excluding hydrogens is 795 g/mol. The number of unbranched alkanes of at least 4 members (excludes halogenated alkanes) is 26. The number of carbonyl (C=O) groups is 1. The van der Waals surface area contributed by atoms with Gasteiger partial charge in [0.25, 0.3) is 0 Å². The van der Waals surface area contributed by atoms with Crippen LogP contribution in [0.1, 0.15) is 251 Å². The molecule has 0 aromatic rings. The fourth-order valence-electron chi connectivity index (χ4n) is 7.82. The number of amides is 1. The van der Waals surface area contributed by atoms with Gasteiger partial charge in [-0.3, -0.25) is 4.79 Å². The van der Waals surface area contributed by atoms with E-state index in [4.69, 9.17) is 0 Å². The molecule has 4 heteroatoms. The molecule has 0 aliphatic rings. The standard InChI is InChI=1S/C61H105NO3/c1-3-5-7-9-11-13-15-17-19-21-23-25-26-27-28-29-30-31-32-33-34-35-36-37-39-41-43-45-47-49-51-53-55-57-61(65)62-59(58-63)60(64)56-54-52-50-48-46-44-42-40-38-24-22-20-18-16-14-12-10-8-6-4-2/h5,7,11,13,17,19,23,25,27-28,30-31,33-34,46,48,54,56,59-60,63-64H,3-4,6,8-10,12,14-16,18,20-22,24,26,29,32,35-45,47,49-53,55,57-58H2,1-2H3,(H,62,65)/b7-5-,13-11-,19-17-,25-23-,28-27-,31-30-,34-33-,48-46+,56-54+. The van der Waals surface area contributed by atoms with Crippen LogP contribution in [0.25, 0.3) is 0 Å². The van der Waals surface area contributed by atoms with Gasteiger partial charge in [-0.05, 0) is 89.9 Å². The summed E-state index contributed by atoms with van der Waals surface area (Å²) >= 11 is 0. The van der Waals surface area contributed by atoms with Gasteiger partial charge in [0.1, 0.15) is 0 Å². The van der Waals surface area contributed by atoms with E-state index in [9.17, 15) is 15.0 Å². The highest BCUT2D eigenvalue weighted by atomic mass is 16.3. The van der Waals surface area contributed by atoms with Crippen LogP contribution in [0.15, 0.2) is 109 Å². The van der Waals surface area contributed by atoms with Crippen molar-refractivity contribution in [2.24, 2.45) is 0 Å². The Morgan fingerprint density at radius 2 is 0.692 bits per heavy atom. The summed E-state index contributed by atoms with van der Waals surface area (Å²) in [5.74, 6) is -0.0803. The van der Waals surface area contributed by atoms with Crippen molar-refractivity contribution >= 4 is 5.91 Å². The maximum absolute atomic E-state index is 12.5. The van der Waals surface area contributed by atoms with Crippen molar-refractivity contribution in [3.05, 3.63) is 109 Å². The van der Waals surface area contributed by atoms with Crippen molar-refractivity contribution < 1.29 is 15.0 Å². The highest BCUT2D eigenvalue weighted by molar-refractivity contribution is 5.76. The first kappa shape index (κ1) is 62.1. The summed E-state index contributed by atoms with van der Waals surface area (Å²) in [6, 6.07) is -0.648. The Morgan fingerprint density at radius 3 is 1.08 bits per heavy atom. The number of carbonyl (C=O) groups excluding carboxylic acids is 1. The average molecular weight is 901 g/mol. The van der Waals surface area contributed by atoms with Crippen molar-refractivity contribution in [1.29, 1.82) is 0 Å². The first-order valence-corrected chi connectivity index (χ1v) is 27.6. The van der Waals surface area contributed by atoms with Gasteiger partial charge in [0.2, 0.25) is 5.91 Å². The molecule has 0 aromatic heterocycles. The molecule has 0 aromatic carbocycles. The van der Waals surface area contributed by atoms with Crippen LogP contribution in [-0.2, 0) is 4.79 Å². The molecule has 0 spiro atoms. The van der Waals surface area contributed by atoms with Gasteiger partial charge in [-0.2, -0.15) is 0 Å². The number of hydrogen-bond acceptors (Lipinski definition) is 3. The Bertz CT molecular complexity index is 1250. The molecule has 0 heterocycles. The average Bonchev–Trinajstić information content (AvgIpc) is 3.31. The van der Waals surface area contributed by atoms with Crippen molar-refractivity contribution in [3.63, 3.8) is 0 Å². The lowest BCUT2D eigenvalue weighted by molar-refractivity contribution is -0.123. The second kappa shape index (κ2) is 55.4. The van der Waals surface area contributed by atoms with E-state index in [2.05, 4.69) is 116 Å². The number of allylic oxidation sites excluding steroid dienone is 17. The minimum absolute atomic E-state index is 0.0803. The van der Waals surface area contributed by atoms with Crippen molar-refractivity contribution in [3.8, 4) is 0 Å². The predicted molar refractivity (Wildman–Crippen MR) is 289 cm³/mol. The molecule has 0 aliphatic heterocycles. The number of rotatable bonds is 49. The molecule has 0 saturated heterocycles. The lowest BCUT2D eigenvalue weighted by Gasteiger charge is -2.19. The van der Waals surface area contributed by atoms with Gasteiger partial charge >= 0.3 is 0 Å². The lowest BCUT2D eigenvalue weighted by Crippen LogP contribution is -2.45. The van der Waals surface area contributed by atoms with Crippen LogP contribution in [0.4, 0.5) is 0 Å². The number of hydrogen-bond donors (Lipinski definition) is 3. The van der Waals surface area contributed by atoms with Gasteiger partial charge in [-0.15, -0.1) is 0 Å². The SMILES string of the molecule is CC/C=C\C/C=C\C/C=C\C/C=C\C/C=C\C/C=C\C/C=C\CCCCCCCCCCCCCC(=O)NC(CO)C(O)/C=C/CC/C=C/CCCCCCCCCCCCCCCC. The van der Waals surface area contributed by atoms with Crippen LogP contribution in [-0.4, -0.2) is 34.9 Å². The Kier molecular flexibility index (Phi) is 52.9. The van der Waals surface area contributed by atoms with E-state index in [0.29, 0.717) is 6.42 Å². The van der Waals surface area contributed by atoms with E-state index in [0.717, 1.165) is 77.0 Å². The molecule has 1 amide bonds. The summed E-state index contributed by atoms with van der Waals surface area (Å²) < 4.78 is 0. The molecule has 0 bridgehead atoms. The van der Waals surface area contributed by atoms with Gasteiger partial charge in [0, 0.05) is 6.42 Å². The van der Waals surface area contributed by atoms with Gasteiger partial charge in [-0.1, -0.05) is 264 Å². The van der Waals surface area contributed by atoms with Gasteiger partial charge < -0.3 is 15.5 Å². The normalized spacial score (nSPS) is 13.7. The van der Waals surface area contributed by atoms with Crippen molar-refractivity contribution in [2.45, 2.75) is 264 Å². The topological polar surface area (TPSA) is 69.6 Å². The first-order chi connectivity index (χ1) is 32.2. The molecule has 65 heavy (non-hydrogen) atoms. The quantitative estimate of drug-likeness (QED) is 0.0421. The van der Waals surface area contributed by atoms with Crippen LogP contribution in [0.3, 0.4) is 0 Å². The first-order valence-electron chi connectivity index (χ1n) is 27.6. The third kappa shape index (κ3) is 51.9. The lowest BCUT2D eigenvalue weighted by atomic mass is 10.0. The maximum Gasteiger partial charge on any atom is 0.220 e. The number of aliphatic hydroxyl groups excluding tert-OH is 2. The molecule has 4 nitrogen and oxygen atoms in total. The molecule has 3 N–H and O–H groups in total. The van der Waals surface area contributed by atoms with E-state index in [1.54, 1.807) is 6.08 Å². The second-order valence-corrected chi connectivity index (χ2v) is 18.3. The van der Waals surface area contributed by atoms with Crippen molar-refractivity contribution in [2.75, 3.05) is 6.61 Å². The molecule has 2 unspecified atom stereocenters. The van der Waals surface area contributed by atoms with E-state index in [1.165, 1.54) is 154 Å². The zero-order valence-corrected chi connectivity index (χ0v) is 42.7. The highest BCUT2D eigenvalue weighted by Crippen LogP contribution is 2.15. The molecule has 0 fully saturated rings. The highest BCUT2D eigenvalue weighted by Gasteiger charge is 2.17. The summed E-state index contributed by atoms with van der Waals surface area (Å²) in [5.41, 5.74) is 0. The zero-order chi connectivity index (χ0) is 47.0. The number of nitrogens with one attached hydrogen (secondary N) is 1. The summed E-state index contributed by atoms with van der Waals surface area (Å²) in [6.45, 7) is 4.19. The van der Waals surface area contributed by atoms with E-state index >= 15 is 0 Å². The van der Waals surface area contributed by atoms with E-state index in [-0.39, 0.29) is 12.5 Å². The Hall–Kier alpha value is -2.95. The van der Waals surface area contributed by atoms with Crippen LogP contribution in [0, 0.1) is 0 Å². The third-order valence-electron chi connectivity index (χ3n) is 12.0. The predicted octanol–water partition coefficient (Wildman–Crippen LogP) is 18.3. The van der Waals surface area contributed by atoms with Crippen LogP contribution in [0.2, 0.25) is 0 Å². The smallest absolute Gasteiger partial charge is 0.220 e. The second-order valence-electron chi connectivity index (χ2n) is 18.3.